The monoisotopic (exact) mass is 207 g/mol. The predicted octanol–water partition coefficient (Wildman–Crippen LogP) is 0.335. The van der Waals surface area contributed by atoms with Crippen LogP contribution in [0.5, 0.6) is 0 Å². The van der Waals surface area contributed by atoms with Crippen molar-refractivity contribution in [2.24, 2.45) is 11.8 Å². The third-order valence-electron chi connectivity index (χ3n) is 3.69. The topological polar surface area (TPSA) is 46.6 Å². The molecule has 2 amide bonds. The van der Waals surface area contributed by atoms with Crippen LogP contribution in [0.2, 0.25) is 0 Å². The lowest BCUT2D eigenvalue weighted by Crippen LogP contribution is -2.34. The van der Waals surface area contributed by atoms with Gasteiger partial charge in [-0.05, 0) is 12.8 Å². The van der Waals surface area contributed by atoms with E-state index in [0.29, 0.717) is 6.54 Å². The zero-order valence-corrected chi connectivity index (χ0v) is 8.39. The van der Waals surface area contributed by atoms with Gasteiger partial charge in [-0.1, -0.05) is 6.08 Å². The molecule has 0 saturated carbocycles. The van der Waals surface area contributed by atoms with Gasteiger partial charge < -0.3 is 4.74 Å². The summed E-state index contributed by atoms with van der Waals surface area (Å²) in [6.07, 6.45) is 3.43. The summed E-state index contributed by atoms with van der Waals surface area (Å²) >= 11 is 0. The van der Waals surface area contributed by atoms with Gasteiger partial charge in [0.1, 0.15) is 0 Å². The molecule has 0 aromatic carbocycles. The van der Waals surface area contributed by atoms with Crippen molar-refractivity contribution in [3.8, 4) is 0 Å². The molecule has 3 fully saturated rings. The Morgan fingerprint density at radius 3 is 2.27 bits per heavy atom. The maximum atomic E-state index is 12.0. The number of hydrogen-bond donors (Lipinski definition) is 0. The molecule has 0 aromatic rings. The van der Waals surface area contributed by atoms with Crippen LogP contribution in [0.15, 0.2) is 12.7 Å². The maximum Gasteiger partial charge on any atom is 0.236 e. The van der Waals surface area contributed by atoms with Crippen LogP contribution in [-0.2, 0) is 14.3 Å². The summed E-state index contributed by atoms with van der Waals surface area (Å²) in [6, 6.07) is 0. The van der Waals surface area contributed by atoms with Crippen LogP contribution < -0.4 is 0 Å². The van der Waals surface area contributed by atoms with E-state index in [-0.39, 0.29) is 35.9 Å². The van der Waals surface area contributed by atoms with Crippen LogP contribution in [0, 0.1) is 11.8 Å². The zero-order valence-electron chi connectivity index (χ0n) is 8.39. The van der Waals surface area contributed by atoms with E-state index in [0.717, 1.165) is 12.8 Å². The molecule has 3 saturated heterocycles. The molecule has 0 unspecified atom stereocenters. The van der Waals surface area contributed by atoms with E-state index in [9.17, 15) is 9.59 Å². The van der Waals surface area contributed by atoms with Crippen LogP contribution in [0.1, 0.15) is 12.8 Å². The summed E-state index contributed by atoms with van der Waals surface area (Å²) in [6.45, 7) is 3.90. The molecule has 15 heavy (non-hydrogen) atoms. The van der Waals surface area contributed by atoms with E-state index in [1.165, 1.54) is 4.90 Å². The summed E-state index contributed by atoms with van der Waals surface area (Å²) in [4.78, 5) is 25.2. The number of imide groups is 1. The van der Waals surface area contributed by atoms with Crippen molar-refractivity contribution in [2.75, 3.05) is 6.54 Å². The van der Waals surface area contributed by atoms with Gasteiger partial charge in [-0.2, -0.15) is 0 Å². The fourth-order valence-corrected chi connectivity index (χ4v) is 3.08. The molecule has 0 radical (unpaired) electrons. The van der Waals surface area contributed by atoms with Gasteiger partial charge in [0.25, 0.3) is 0 Å². The number of fused-ring (bicyclic) bond motifs is 5. The summed E-state index contributed by atoms with van der Waals surface area (Å²) in [5, 5.41) is 0. The van der Waals surface area contributed by atoms with Crippen molar-refractivity contribution >= 4 is 11.8 Å². The Morgan fingerprint density at radius 1 is 1.27 bits per heavy atom. The number of ether oxygens (including phenoxy) is 1. The molecule has 0 spiro atoms. The molecular weight excluding hydrogens is 194 g/mol. The Kier molecular flexibility index (Phi) is 1.77. The third kappa shape index (κ3) is 1.00. The third-order valence-corrected chi connectivity index (χ3v) is 3.69. The molecule has 0 aliphatic carbocycles. The number of carbonyl (C=O) groups is 2. The molecule has 3 aliphatic rings. The minimum atomic E-state index is -0.198. The van der Waals surface area contributed by atoms with Gasteiger partial charge in [0, 0.05) is 6.54 Å². The summed E-state index contributed by atoms with van der Waals surface area (Å²) in [5.41, 5.74) is 0. The molecule has 0 N–H and O–H groups in total. The van der Waals surface area contributed by atoms with Gasteiger partial charge in [0.15, 0.2) is 0 Å². The summed E-state index contributed by atoms with van der Waals surface area (Å²) in [7, 11) is 0. The number of likely N-dealkylation sites (tertiary alicyclic amines) is 1. The molecular formula is C11H13NO3. The first kappa shape index (κ1) is 9.09. The second kappa shape index (κ2) is 2.92. The number of carbonyl (C=O) groups excluding carboxylic acids is 2. The van der Waals surface area contributed by atoms with Crippen LogP contribution >= 0.6 is 0 Å². The molecule has 80 valence electrons. The molecule has 0 aromatic heterocycles. The standard InChI is InChI=1S/C11H13NO3/c1-2-5-12-10(13)8-6-3-4-7(15-6)9(8)11(12)14/h2,6-9H,1,3-5H2/t6-,7+,8+,9-. The minimum Gasteiger partial charge on any atom is -0.373 e. The van der Waals surface area contributed by atoms with Crippen molar-refractivity contribution in [3.63, 3.8) is 0 Å². The maximum absolute atomic E-state index is 12.0. The highest BCUT2D eigenvalue weighted by molar-refractivity contribution is 6.06. The fourth-order valence-electron chi connectivity index (χ4n) is 3.08. The fraction of sp³-hybridized carbons (Fsp3) is 0.636. The van der Waals surface area contributed by atoms with Crippen molar-refractivity contribution in [1.82, 2.24) is 4.90 Å². The Balaban J connectivity index is 1.93. The Labute approximate surface area is 87.9 Å². The lowest BCUT2D eigenvalue weighted by molar-refractivity contribution is -0.141. The van der Waals surface area contributed by atoms with Gasteiger partial charge in [0.05, 0.1) is 24.0 Å². The number of rotatable bonds is 2. The van der Waals surface area contributed by atoms with Gasteiger partial charge >= 0.3 is 0 Å². The number of hydrogen-bond acceptors (Lipinski definition) is 3. The van der Waals surface area contributed by atoms with Crippen molar-refractivity contribution in [2.45, 2.75) is 25.0 Å². The second-order valence-corrected chi connectivity index (χ2v) is 4.42. The van der Waals surface area contributed by atoms with Crippen molar-refractivity contribution in [1.29, 1.82) is 0 Å². The van der Waals surface area contributed by atoms with Crippen LogP contribution in [0.3, 0.4) is 0 Å². The van der Waals surface area contributed by atoms with Gasteiger partial charge in [-0.3, -0.25) is 14.5 Å². The zero-order chi connectivity index (χ0) is 10.6. The van der Waals surface area contributed by atoms with Gasteiger partial charge in [-0.15, -0.1) is 6.58 Å². The SMILES string of the molecule is C=CCN1C(=O)[C@@H]2[C@H](C1=O)[C@@H]1CC[C@H]2O1. The first-order valence-corrected chi connectivity index (χ1v) is 5.35. The normalized spacial score (nSPS) is 42.5. The first-order valence-electron chi connectivity index (χ1n) is 5.35. The lowest BCUT2D eigenvalue weighted by Gasteiger charge is -2.15. The Bertz CT molecular complexity index is 324. The molecule has 3 rings (SSSR count). The van der Waals surface area contributed by atoms with E-state index in [1.54, 1.807) is 6.08 Å². The molecule has 3 heterocycles. The number of nitrogens with zero attached hydrogens (tertiary/aromatic N) is 1. The van der Waals surface area contributed by atoms with Crippen LogP contribution in [-0.4, -0.2) is 35.5 Å². The van der Waals surface area contributed by atoms with Crippen LogP contribution in [0.4, 0.5) is 0 Å². The van der Waals surface area contributed by atoms with E-state index in [2.05, 4.69) is 6.58 Å². The quantitative estimate of drug-likeness (QED) is 0.484. The lowest BCUT2D eigenvalue weighted by atomic mass is 9.81. The highest BCUT2D eigenvalue weighted by Gasteiger charge is 2.61. The van der Waals surface area contributed by atoms with E-state index < -0.39 is 0 Å². The van der Waals surface area contributed by atoms with Crippen molar-refractivity contribution in [3.05, 3.63) is 12.7 Å². The average Bonchev–Trinajstić information content (AvgIpc) is 2.87. The number of amides is 2. The molecule has 2 bridgehead atoms. The van der Waals surface area contributed by atoms with E-state index >= 15 is 0 Å². The smallest absolute Gasteiger partial charge is 0.236 e. The predicted molar refractivity (Wildman–Crippen MR) is 51.8 cm³/mol. The first-order chi connectivity index (χ1) is 7.24. The summed E-state index contributed by atoms with van der Waals surface area (Å²) in [5.74, 6) is -0.512. The highest BCUT2D eigenvalue weighted by Crippen LogP contribution is 2.48. The molecule has 3 aliphatic heterocycles. The van der Waals surface area contributed by atoms with Crippen LogP contribution in [0.25, 0.3) is 0 Å². The summed E-state index contributed by atoms with van der Waals surface area (Å²) < 4.78 is 5.61. The molecule has 4 atom stereocenters. The minimum absolute atomic E-state index is 0.00809. The molecule has 4 nitrogen and oxygen atoms in total. The Morgan fingerprint density at radius 2 is 1.80 bits per heavy atom. The van der Waals surface area contributed by atoms with Crippen molar-refractivity contribution < 1.29 is 14.3 Å². The Hall–Kier alpha value is -1.16. The van der Waals surface area contributed by atoms with Gasteiger partial charge in [-0.25, -0.2) is 0 Å². The van der Waals surface area contributed by atoms with E-state index in [1.807, 2.05) is 0 Å². The van der Waals surface area contributed by atoms with E-state index in [4.69, 9.17) is 4.74 Å². The average molecular weight is 207 g/mol. The van der Waals surface area contributed by atoms with Gasteiger partial charge in [0.2, 0.25) is 11.8 Å². The molecule has 4 heteroatoms. The second-order valence-electron chi connectivity index (χ2n) is 4.42. The highest BCUT2D eigenvalue weighted by atomic mass is 16.5. The largest absolute Gasteiger partial charge is 0.373 e.